The molecule has 2 aromatic rings. The number of morpholine rings is 1. The molecule has 24 heavy (non-hydrogen) atoms. The number of nitrogens with zero attached hydrogens (tertiary/aromatic N) is 2. The van der Waals surface area contributed by atoms with Crippen LogP contribution >= 0.6 is 0 Å². The van der Waals surface area contributed by atoms with E-state index >= 15 is 0 Å². The lowest BCUT2D eigenvalue weighted by Crippen LogP contribution is -2.46. The van der Waals surface area contributed by atoms with Gasteiger partial charge in [-0.2, -0.15) is 0 Å². The van der Waals surface area contributed by atoms with E-state index in [-0.39, 0.29) is 12.2 Å². The summed E-state index contributed by atoms with van der Waals surface area (Å²) < 4.78 is 11.1. The monoisotopic (exact) mass is 329 g/mol. The fraction of sp³-hybridized carbons (Fsp3) is 0.526. The van der Waals surface area contributed by atoms with E-state index in [2.05, 4.69) is 53.5 Å². The van der Waals surface area contributed by atoms with Crippen molar-refractivity contribution in [2.45, 2.75) is 53.0 Å². The quantitative estimate of drug-likeness (QED) is 0.913. The smallest absolute Gasteiger partial charge is 0.138 e. The maximum Gasteiger partial charge on any atom is 0.138 e. The SMILES string of the molecule is Cc1noc(C)c1CNCc1ccccc1N1C[C@@H](C)O[C@@H](C)C1. The molecule has 1 fully saturated rings. The Kier molecular flexibility index (Phi) is 5.21. The number of benzene rings is 1. The number of rotatable bonds is 5. The molecular formula is C19H27N3O2. The first kappa shape index (κ1) is 17.0. The van der Waals surface area contributed by atoms with Gasteiger partial charge >= 0.3 is 0 Å². The van der Waals surface area contributed by atoms with Gasteiger partial charge in [-0.25, -0.2) is 0 Å². The summed E-state index contributed by atoms with van der Waals surface area (Å²) in [6, 6.07) is 8.61. The van der Waals surface area contributed by atoms with Crippen molar-refractivity contribution in [3.63, 3.8) is 0 Å². The second-order valence-electron chi connectivity index (χ2n) is 6.70. The molecule has 5 nitrogen and oxygen atoms in total. The number of ether oxygens (including phenoxy) is 1. The van der Waals surface area contributed by atoms with Crippen LogP contribution in [0.1, 0.15) is 36.4 Å². The van der Waals surface area contributed by atoms with Gasteiger partial charge in [0.1, 0.15) is 5.76 Å². The lowest BCUT2D eigenvalue weighted by Gasteiger charge is -2.37. The molecule has 0 unspecified atom stereocenters. The van der Waals surface area contributed by atoms with Gasteiger partial charge in [0.15, 0.2) is 0 Å². The zero-order valence-electron chi connectivity index (χ0n) is 15.0. The van der Waals surface area contributed by atoms with Crippen LogP contribution in [0, 0.1) is 13.8 Å². The Morgan fingerprint density at radius 3 is 2.50 bits per heavy atom. The standard InChI is InChI=1S/C19H27N3O2/c1-13-11-22(12-14(2)23-13)19-8-6-5-7-17(19)9-20-10-18-15(3)21-24-16(18)4/h5-8,13-14,20H,9-12H2,1-4H3/t13-,14+. The molecule has 3 rings (SSSR count). The van der Waals surface area contributed by atoms with Crippen LogP contribution in [0.4, 0.5) is 5.69 Å². The van der Waals surface area contributed by atoms with Gasteiger partial charge in [-0.3, -0.25) is 0 Å². The second-order valence-corrected chi connectivity index (χ2v) is 6.70. The number of para-hydroxylation sites is 1. The summed E-state index contributed by atoms with van der Waals surface area (Å²) in [5, 5.41) is 7.54. The van der Waals surface area contributed by atoms with Crippen LogP contribution in [-0.4, -0.2) is 30.5 Å². The third-order valence-electron chi connectivity index (χ3n) is 4.55. The van der Waals surface area contributed by atoms with Crippen molar-refractivity contribution in [1.82, 2.24) is 10.5 Å². The first-order valence-corrected chi connectivity index (χ1v) is 8.65. The number of anilines is 1. The van der Waals surface area contributed by atoms with Crippen LogP contribution in [0.2, 0.25) is 0 Å². The van der Waals surface area contributed by atoms with Crippen molar-refractivity contribution in [2.75, 3.05) is 18.0 Å². The minimum atomic E-state index is 0.261. The van der Waals surface area contributed by atoms with Gasteiger partial charge in [0.05, 0.1) is 17.9 Å². The molecule has 1 aliphatic heterocycles. The Morgan fingerprint density at radius 1 is 1.12 bits per heavy atom. The molecule has 1 aromatic carbocycles. The van der Waals surface area contributed by atoms with E-state index in [0.29, 0.717) is 0 Å². The first-order valence-electron chi connectivity index (χ1n) is 8.65. The third-order valence-corrected chi connectivity index (χ3v) is 4.55. The summed E-state index contributed by atoms with van der Waals surface area (Å²) in [5.74, 6) is 0.893. The maximum absolute atomic E-state index is 5.86. The molecule has 1 aliphatic rings. The van der Waals surface area contributed by atoms with E-state index in [9.17, 15) is 0 Å². The Morgan fingerprint density at radius 2 is 1.83 bits per heavy atom. The van der Waals surface area contributed by atoms with Crippen LogP contribution in [0.3, 0.4) is 0 Å². The molecule has 5 heteroatoms. The lowest BCUT2D eigenvalue weighted by molar-refractivity contribution is -0.00526. The summed E-state index contributed by atoms with van der Waals surface area (Å²) in [5.41, 5.74) is 4.72. The molecule has 1 N–H and O–H groups in total. The number of aromatic nitrogens is 1. The number of hydrogen-bond acceptors (Lipinski definition) is 5. The van der Waals surface area contributed by atoms with Gasteiger partial charge in [0.2, 0.25) is 0 Å². The van der Waals surface area contributed by atoms with Crippen molar-refractivity contribution in [2.24, 2.45) is 0 Å². The Labute approximate surface area is 144 Å². The van der Waals surface area contributed by atoms with Crippen molar-refractivity contribution in [3.05, 3.63) is 46.8 Å². The second kappa shape index (κ2) is 7.36. The van der Waals surface area contributed by atoms with Crippen molar-refractivity contribution < 1.29 is 9.26 Å². The van der Waals surface area contributed by atoms with Gasteiger partial charge in [0.25, 0.3) is 0 Å². The highest BCUT2D eigenvalue weighted by Gasteiger charge is 2.23. The summed E-state index contributed by atoms with van der Waals surface area (Å²) >= 11 is 0. The molecule has 0 bridgehead atoms. The van der Waals surface area contributed by atoms with Crippen molar-refractivity contribution in [1.29, 1.82) is 0 Å². The average molecular weight is 329 g/mol. The van der Waals surface area contributed by atoms with Crippen molar-refractivity contribution in [3.8, 4) is 0 Å². The Balaban J connectivity index is 1.68. The summed E-state index contributed by atoms with van der Waals surface area (Å²) in [4.78, 5) is 2.44. The molecule has 0 spiro atoms. The zero-order valence-corrected chi connectivity index (χ0v) is 15.0. The molecule has 130 valence electrons. The van der Waals surface area contributed by atoms with Crippen molar-refractivity contribution >= 4 is 5.69 Å². The highest BCUT2D eigenvalue weighted by molar-refractivity contribution is 5.54. The van der Waals surface area contributed by atoms with E-state index < -0.39 is 0 Å². The minimum Gasteiger partial charge on any atom is -0.372 e. The fourth-order valence-corrected chi connectivity index (χ4v) is 3.42. The van der Waals surface area contributed by atoms with E-state index in [4.69, 9.17) is 9.26 Å². The molecule has 1 saturated heterocycles. The molecule has 0 saturated carbocycles. The van der Waals surface area contributed by atoms with E-state index in [1.807, 2.05) is 13.8 Å². The topological polar surface area (TPSA) is 50.5 Å². The zero-order chi connectivity index (χ0) is 17.1. The highest BCUT2D eigenvalue weighted by atomic mass is 16.5. The molecule has 1 aromatic heterocycles. The Bertz CT molecular complexity index is 654. The van der Waals surface area contributed by atoms with E-state index in [1.165, 1.54) is 11.3 Å². The third kappa shape index (κ3) is 3.79. The lowest BCUT2D eigenvalue weighted by atomic mass is 10.1. The molecule has 0 aliphatic carbocycles. The van der Waals surface area contributed by atoms with Crippen LogP contribution in [0.15, 0.2) is 28.8 Å². The Hall–Kier alpha value is -1.85. The highest BCUT2D eigenvalue weighted by Crippen LogP contribution is 2.24. The van der Waals surface area contributed by atoms with Gasteiger partial charge in [0, 0.05) is 37.4 Å². The number of nitrogens with one attached hydrogen (secondary N) is 1. The first-order chi connectivity index (χ1) is 11.5. The van der Waals surface area contributed by atoms with Gasteiger partial charge in [-0.15, -0.1) is 0 Å². The van der Waals surface area contributed by atoms with Gasteiger partial charge in [-0.1, -0.05) is 23.4 Å². The van der Waals surface area contributed by atoms with Crippen LogP contribution < -0.4 is 10.2 Å². The van der Waals surface area contributed by atoms with Gasteiger partial charge in [-0.05, 0) is 39.3 Å². The molecular weight excluding hydrogens is 302 g/mol. The van der Waals surface area contributed by atoms with E-state index in [1.54, 1.807) is 0 Å². The largest absolute Gasteiger partial charge is 0.372 e. The summed E-state index contributed by atoms with van der Waals surface area (Å²) in [6.45, 7) is 11.7. The van der Waals surface area contributed by atoms with Crippen LogP contribution in [0.5, 0.6) is 0 Å². The predicted octanol–water partition coefficient (Wildman–Crippen LogP) is 3.19. The van der Waals surface area contributed by atoms with Crippen LogP contribution in [0.25, 0.3) is 0 Å². The minimum absolute atomic E-state index is 0.261. The number of hydrogen-bond donors (Lipinski definition) is 1. The predicted molar refractivity (Wildman–Crippen MR) is 95.2 cm³/mol. The number of aryl methyl sites for hydroxylation is 2. The maximum atomic E-state index is 5.86. The molecule has 2 atom stereocenters. The van der Waals surface area contributed by atoms with Gasteiger partial charge < -0.3 is 19.5 Å². The fourth-order valence-electron chi connectivity index (χ4n) is 3.42. The normalized spacial score (nSPS) is 21.2. The molecule has 0 amide bonds. The molecule has 2 heterocycles. The summed E-state index contributed by atoms with van der Waals surface area (Å²) in [7, 11) is 0. The summed E-state index contributed by atoms with van der Waals surface area (Å²) in [6.07, 6.45) is 0.522. The average Bonchev–Trinajstić information content (AvgIpc) is 2.86. The van der Waals surface area contributed by atoms with Crippen LogP contribution in [-0.2, 0) is 17.8 Å². The molecule has 0 radical (unpaired) electrons. The van der Waals surface area contributed by atoms with E-state index in [0.717, 1.165) is 43.2 Å².